The van der Waals surface area contributed by atoms with Crippen LogP contribution in [-0.4, -0.2) is 135 Å². The van der Waals surface area contributed by atoms with Gasteiger partial charge in [0.2, 0.25) is 16.9 Å². The molecule has 3 heterocycles. The van der Waals surface area contributed by atoms with E-state index in [9.17, 15) is 62.7 Å². The van der Waals surface area contributed by atoms with Crippen LogP contribution in [0.3, 0.4) is 0 Å². The summed E-state index contributed by atoms with van der Waals surface area (Å²) in [5.74, 6) is -1.35. The fourth-order valence-corrected chi connectivity index (χ4v) is 8.60. The number of aromatic nitrogens is 4. The third kappa shape index (κ3) is 16.3. The van der Waals surface area contributed by atoms with Crippen molar-refractivity contribution in [2.24, 2.45) is 11.1 Å². The van der Waals surface area contributed by atoms with Crippen molar-refractivity contribution in [1.29, 1.82) is 0 Å². The zero-order chi connectivity index (χ0) is 45.1. The zero-order valence-corrected chi connectivity index (χ0v) is 35.9. The molecule has 0 aliphatic carbocycles. The second-order valence-corrected chi connectivity index (χ2v) is 19.1. The van der Waals surface area contributed by atoms with Crippen LogP contribution in [0, 0.1) is 5.41 Å². The molecule has 60 heavy (non-hydrogen) atoms. The first-order valence-electron chi connectivity index (χ1n) is 17.8. The van der Waals surface area contributed by atoms with E-state index >= 15 is 0 Å². The number of carbonyl (C=O) groups is 4. The number of fused-ring (bicyclic) bond motifs is 1. The number of hydrogen-bond acceptors (Lipinski definition) is 20. The number of amides is 2. The van der Waals surface area contributed by atoms with E-state index in [2.05, 4.69) is 34.4 Å². The van der Waals surface area contributed by atoms with Gasteiger partial charge in [-0.1, -0.05) is 31.7 Å². The number of rotatable bonds is 25. The standard InChI is InChI=1S/C30H49N8O18P3S/c1-17(39)18(31)7-5-4-6-8-21(41)60-12-11-33-20(40)9-10-34-28(44)25(43)30(2,3)14-53-59(50,51)56-58(48,49)52-13-19-24(55-57(45,46)47)23(42)29(54-19)38-16-37-22-26(32)35-15-36-27(22)38/h6,8,15-16,18-19,23-25,29,42-43H,4-5,7,9-14,31H2,1-3H3,(H,33,40)(H,34,44)(H,48,49)(H,50,51)(H2,32,35,36)(H2,45,46,47)/t18?,19-,23-,24-,25+,29-/m1/s1. The summed E-state index contributed by atoms with van der Waals surface area (Å²) in [7, 11) is -16.4. The summed E-state index contributed by atoms with van der Waals surface area (Å²) in [6, 6.07) is -0.524. The largest absolute Gasteiger partial charge is 0.481 e. The fraction of sp³-hybridized carbons (Fsp3) is 0.633. The van der Waals surface area contributed by atoms with E-state index in [4.69, 9.17) is 25.3 Å². The average Bonchev–Trinajstić information content (AvgIpc) is 3.71. The summed E-state index contributed by atoms with van der Waals surface area (Å²) in [5.41, 5.74) is 9.88. The third-order valence-corrected chi connectivity index (χ3v) is 12.3. The van der Waals surface area contributed by atoms with E-state index in [1.807, 2.05) is 0 Å². The number of nitrogens with one attached hydrogen (secondary N) is 2. The van der Waals surface area contributed by atoms with Crippen LogP contribution in [0.2, 0.25) is 0 Å². The lowest BCUT2D eigenvalue weighted by Gasteiger charge is -2.30. The van der Waals surface area contributed by atoms with Gasteiger partial charge in [-0.25, -0.2) is 28.6 Å². The molecule has 0 radical (unpaired) electrons. The second-order valence-electron chi connectivity index (χ2n) is 13.8. The maximum absolute atomic E-state index is 12.7. The van der Waals surface area contributed by atoms with Crippen LogP contribution in [-0.2, 0) is 55.5 Å². The Labute approximate surface area is 346 Å². The minimum atomic E-state index is -5.59. The Morgan fingerprint density at radius 3 is 2.42 bits per heavy atom. The number of aliphatic hydroxyl groups excluding tert-OH is 2. The second kappa shape index (κ2) is 22.3. The Kier molecular flexibility index (Phi) is 19.1. The molecule has 2 aromatic rings. The topological polar surface area (TPSA) is 407 Å². The summed E-state index contributed by atoms with van der Waals surface area (Å²) >= 11 is 0.974. The first-order chi connectivity index (χ1) is 27.8. The van der Waals surface area contributed by atoms with Gasteiger partial charge in [-0.05, 0) is 32.3 Å². The number of allylic oxidation sites excluding steroid dienone is 1. The minimum absolute atomic E-state index is 0.0235. The molecule has 12 N–H and O–H groups in total. The molecule has 2 amide bonds. The van der Waals surface area contributed by atoms with Gasteiger partial charge < -0.3 is 56.6 Å². The van der Waals surface area contributed by atoms with Crippen molar-refractivity contribution in [2.45, 2.75) is 83.1 Å². The predicted molar refractivity (Wildman–Crippen MR) is 209 cm³/mol. The van der Waals surface area contributed by atoms with E-state index in [-0.39, 0.29) is 53.1 Å². The van der Waals surface area contributed by atoms with Gasteiger partial charge >= 0.3 is 23.5 Å². The highest BCUT2D eigenvalue weighted by Crippen LogP contribution is 2.61. The summed E-state index contributed by atoms with van der Waals surface area (Å²) in [6.07, 6.45) is -2.21. The lowest BCUT2D eigenvalue weighted by molar-refractivity contribution is -0.137. The van der Waals surface area contributed by atoms with Crippen molar-refractivity contribution in [3.8, 4) is 0 Å². The number of nitrogens with zero attached hydrogens (tertiary/aromatic N) is 4. The normalized spacial score (nSPS) is 21.6. The monoisotopic (exact) mass is 934 g/mol. The average molecular weight is 935 g/mol. The van der Waals surface area contributed by atoms with Crippen LogP contribution in [0.25, 0.3) is 11.2 Å². The van der Waals surface area contributed by atoms with E-state index in [1.165, 1.54) is 26.8 Å². The molecule has 1 fully saturated rings. The highest BCUT2D eigenvalue weighted by molar-refractivity contribution is 8.14. The van der Waals surface area contributed by atoms with E-state index in [0.717, 1.165) is 29.0 Å². The molecule has 1 aliphatic heterocycles. The van der Waals surface area contributed by atoms with Crippen LogP contribution in [0.1, 0.15) is 52.7 Å². The van der Waals surface area contributed by atoms with E-state index in [1.54, 1.807) is 6.08 Å². The minimum Gasteiger partial charge on any atom is -0.386 e. The first kappa shape index (κ1) is 51.3. The highest BCUT2D eigenvalue weighted by atomic mass is 32.2. The number of aliphatic hydroxyl groups is 2. The molecule has 2 aromatic heterocycles. The van der Waals surface area contributed by atoms with Gasteiger partial charge in [-0.3, -0.25) is 37.3 Å². The van der Waals surface area contributed by atoms with Gasteiger partial charge in [-0.15, -0.1) is 0 Å². The molecule has 0 aromatic carbocycles. The number of unbranched alkanes of at least 4 members (excludes halogenated alkanes) is 1. The number of imidazole rings is 1. The number of ether oxygens (including phenoxy) is 1. The van der Waals surface area contributed by atoms with Crippen molar-refractivity contribution < 1.29 is 85.3 Å². The number of carbonyl (C=O) groups excluding carboxylic acids is 4. The molecule has 1 aliphatic rings. The van der Waals surface area contributed by atoms with Gasteiger partial charge in [0.25, 0.3) is 0 Å². The number of nitrogens with two attached hydrogens (primary N) is 2. The number of anilines is 1. The molecule has 8 atom stereocenters. The number of thioether (sulfide) groups is 1. The van der Waals surface area contributed by atoms with Crippen LogP contribution in [0.4, 0.5) is 5.82 Å². The SMILES string of the molecule is CC(=O)C(N)CCCC=CC(=O)SCCNC(=O)CCNC(=O)[C@H](O)C(C)(C)COP(=O)(O)OP(=O)(O)OC[C@H]1O[C@@H](n2cnc3c(N)ncnc32)[C@H](O)[C@@H]1OP(=O)(O)O. The smallest absolute Gasteiger partial charge is 0.386 e. The molecular formula is C30H49N8O18P3S. The molecule has 338 valence electrons. The Morgan fingerprint density at radius 1 is 1.07 bits per heavy atom. The van der Waals surface area contributed by atoms with Gasteiger partial charge in [0.15, 0.2) is 17.7 Å². The Hall–Kier alpha value is -3.07. The molecule has 30 heteroatoms. The lowest BCUT2D eigenvalue weighted by atomic mass is 9.87. The quantitative estimate of drug-likeness (QED) is 0.0334. The third-order valence-electron chi connectivity index (χ3n) is 8.41. The predicted octanol–water partition coefficient (Wildman–Crippen LogP) is -0.692. The van der Waals surface area contributed by atoms with Gasteiger partial charge in [-0.2, -0.15) is 4.31 Å². The van der Waals surface area contributed by atoms with Crippen molar-refractivity contribution in [2.75, 3.05) is 37.8 Å². The number of Topliss-reactive ketones (excluding diaryl/α,β-unsaturated/α-hetero) is 1. The molecule has 26 nitrogen and oxygen atoms in total. The molecule has 0 spiro atoms. The molecule has 1 saturated heterocycles. The maximum Gasteiger partial charge on any atom is 0.481 e. The fourth-order valence-electron chi connectivity index (χ4n) is 5.17. The number of phosphoric ester groups is 3. The number of hydrogen-bond donors (Lipinski definition) is 10. The summed E-state index contributed by atoms with van der Waals surface area (Å²) in [5, 5.41) is 26.1. The number of phosphoric acid groups is 3. The lowest BCUT2D eigenvalue weighted by Crippen LogP contribution is -2.46. The summed E-state index contributed by atoms with van der Waals surface area (Å²) in [4.78, 5) is 98.8. The molecular weight excluding hydrogens is 885 g/mol. The Balaban J connectivity index is 1.43. The first-order valence-corrected chi connectivity index (χ1v) is 23.3. The van der Waals surface area contributed by atoms with Crippen LogP contribution in [0.5, 0.6) is 0 Å². The number of ketones is 1. The van der Waals surface area contributed by atoms with Gasteiger partial charge in [0, 0.05) is 30.7 Å². The maximum atomic E-state index is 12.7. The Morgan fingerprint density at radius 2 is 1.75 bits per heavy atom. The molecule has 0 saturated carbocycles. The van der Waals surface area contributed by atoms with E-state index in [0.29, 0.717) is 19.3 Å². The molecule has 0 bridgehead atoms. The van der Waals surface area contributed by atoms with Crippen LogP contribution < -0.4 is 22.1 Å². The van der Waals surface area contributed by atoms with Crippen molar-refractivity contribution in [3.05, 3.63) is 24.8 Å². The Bertz CT molecular complexity index is 2000. The van der Waals surface area contributed by atoms with Gasteiger partial charge in [0.05, 0.1) is 25.6 Å². The van der Waals surface area contributed by atoms with Crippen LogP contribution in [0.15, 0.2) is 24.8 Å². The molecule has 3 unspecified atom stereocenters. The van der Waals surface area contributed by atoms with Crippen LogP contribution >= 0.6 is 35.2 Å². The van der Waals surface area contributed by atoms with Crippen molar-refractivity contribution >= 4 is 74.9 Å². The summed E-state index contributed by atoms with van der Waals surface area (Å²) in [6.45, 7) is 1.77. The summed E-state index contributed by atoms with van der Waals surface area (Å²) < 4.78 is 62.1. The van der Waals surface area contributed by atoms with E-state index < -0.39 is 90.6 Å². The highest BCUT2D eigenvalue weighted by Gasteiger charge is 2.50. The van der Waals surface area contributed by atoms with Gasteiger partial charge in [0.1, 0.15) is 42.0 Å². The van der Waals surface area contributed by atoms with Crippen molar-refractivity contribution in [3.63, 3.8) is 0 Å². The number of nitrogen functional groups attached to an aromatic ring is 1. The molecule has 3 rings (SSSR count). The van der Waals surface area contributed by atoms with Crippen molar-refractivity contribution in [1.82, 2.24) is 30.2 Å². The zero-order valence-electron chi connectivity index (χ0n) is 32.4.